The summed E-state index contributed by atoms with van der Waals surface area (Å²) in [6.45, 7) is 3.54. The zero-order valence-electron chi connectivity index (χ0n) is 13.3. The summed E-state index contributed by atoms with van der Waals surface area (Å²) < 4.78 is 5.47. The Kier molecular flexibility index (Phi) is 9.69. The van der Waals surface area contributed by atoms with E-state index in [2.05, 4.69) is 38.8 Å². The number of thioether (sulfide) groups is 1. The average Bonchev–Trinajstić information content (AvgIpc) is 2.51. The number of hydrogen-bond donors (Lipinski definition) is 2. The summed E-state index contributed by atoms with van der Waals surface area (Å²) in [5.74, 6) is 2.35. The van der Waals surface area contributed by atoms with Crippen LogP contribution in [0.4, 0.5) is 11.9 Å². The van der Waals surface area contributed by atoms with Crippen LogP contribution in [0.15, 0.2) is 0 Å². The number of nitrogens with zero attached hydrogens (tertiary/aromatic N) is 3. The zero-order valence-corrected chi connectivity index (χ0v) is 14.1. The molecule has 0 saturated heterocycles. The largest absolute Gasteiger partial charge is 0.463 e. The summed E-state index contributed by atoms with van der Waals surface area (Å²) in [6.07, 6.45) is 8.02. The predicted molar refractivity (Wildman–Crippen MR) is 90.5 cm³/mol. The lowest BCUT2D eigenvalue weighted by Crippen LogP contribution is -2.10. The summed E-state index contributed by atoms with van der Waals surface area (Å²) in [7, 11) is 1.79. The second kappa shape index (κ2) is 11.4. The third kappa shape index (κ3) is 7.94. The summed E-state index contributed by atoms with van der Waals surface area (Å²) in [5.41, 5.74) is 0. The molecule has 120 valence electrons. The van der Waals surface area contributed by atoms with Crippen LogP contribution in [0.3, 0.4) is 0 Å². The molecule has 0 aliphatic heterocycles. The molecule has 1 rings (SSSR count). The molecule has 1 aromatic rings. The van der Waals surface area contributed by atoms with Crippen LogP contribution in [0.5, 0.6) is 6.01 Å². The molecule has 0 amide bonds. The van der Waals surface area contributed by atoms with Gasteiger partial charge in [-0.3, -0.25) is 0 Å². The van der Waals surface area contributed by atoms with E-state index in [1.54, 1.807) is 7.05 Å². The highest BCUT2D eigenvalue weighted by Gasteiger charge is 2.05. The molecule has 2 N–H and O–H groups in total. The quantitative estimate of drug-likeness (QED) is 0.575. The van der Waals surface area contributed by atoms with Gasteiger partial charge >= 0.3 is 6.01 Å². The maximum atomic E-state index is 5.47. The number of rotatable bonds is 12. The minimum atomic E-state index is 0.374. The first-order chi connectivity index (χ1) is 10.3. The second-order valence-electron chi connectivity index (χ2n) is 4.70. The highest BCUT2D eigenvalue weighted by molar-refractivity contribution is 7.98. The molecular formula is C14H27N5OS. The number of ether oxygens (including phenoxy) is 1. The van der Waals surface area contributed by atoms with Gasteiger partial charge in [-0.05, 0) is 31.3 Å². The Morgan fingerprint density at radius 2 is 1.81 bits per heavy atom. The molecule has 0 aliphatic carbocycles. The van der Waals surface area contributed by atoms with Crippen molar-refractivity contribution < 1.29 is 4.74 Å². The molecule has 7 heteroatoms. The van der Waals surface area contributed by atoms with E-state index in [1.807, 2.05) is 11.8 Å². The molecular weight excluding hydrogens is 286 g/mol. The SMILES string of the molecule is CCCOc1nc(NC)nc(NCCCCCCSC)n1. The van der Waals surface area contributed by atoms with E-state index in [4.69, 9.17) is 4.74 Å². The van der Waals surface area contributed by atoms with E-state index in [0.717, 1.165) is 19.4 Å². The Bertz CT molecular complexity index is 392. The van der Waals surface area contributed by atoms with Gasteiger partial charge in [0.25, 0.3) is 0 Å². The molecule has 0 unspecified atom stereocenters. The molecule has 1 aromatic heterocycles. The van der Waals surface area contributed by atoms with Crippen molar-refractivity contribution in [3.63, 3.8) is 0 Å². The fourth-order valence-corrected chi connectivity index (χ4v) is 2.22. The van der Waals surface area contributed by atoms with Crippen LogP contribution in [0.25, 0.3) is 0 Å². The van der Waals surface area contributed by atoms with E-state index in [9.17, 15) is 0 Å². The van der Waals surface area contributed by atoms with Crippen molar-refractivity contribution in [2.24, 2.45) is 0 Å². The van der Waals surface area contributed by atoms with Gasteiger partial charge in [-0.15, -0.1) is 0 Å². The van der Waals surface area contributed by atoms with Crippen molar-refractivity contribution in [2.75, 3.05) is 42.8 Å². The van der Waals surface area contributed by atoms with Crippen LogP contribution in [0.2, 0.25) is 0 Å². The van der Waals surface area contributed by atoms with Crippen LogP contribution in [0.1, 0.15) is 39.0 Å². The fourth-order valence-electron chi connectivity index (χ4n) is 1.73. The molecule has 0 aromatic carbocycles. The zero-order chi connectivity index (χ0) is 15.3. The molecule has 0 spiro atoms. The molecule has 0 fully saturated rings. The van der Waals surface area contributed by atoms with Gasteiger partial charge in [-0.1, -0.05) is 19.8 Å². The molecule has 1 heterocycles. The Labute approximate surface area is 131 Å². The van der Waals surface area contributed by atoms with E-state index >= 15 is 0 Å². The first kappa shape index (κ1) is 17.8. The van der Waals surface area contributed by atoms with Gasteiger partial charge in [-0.2, -0.15) is 26.7 Å². The van der Waals surface area contributed by atoms with Gasteiger partial charge in [0, 0.05) is 13.6 Å². The van der Waals surface area contributed by atoms with Crippen LogP contribution < -0.4 is 15.4 Å². The molecule has 0 radical (unpaired) electrons. The fraction of sp³-hybridized carbons (Fsp3) is 0.786. The monoisotopic (exact) mass is 313 g/mol. The summed E-state index contributed by atoms with van der Waals surface area (Å²) >= 11 is 1.91. The first-order valence-electron chi connectivity index (χ1n) is 7.59. The highest BCUT2D eigenvalue weighted by Crippen LogP contribution is 2.11. The van der Waals surface area contributed by atoms with E-state index in [0.29, 0.717) is 24.5 Å². The van der Waals surface area contributed by atoms with E-state index in [-0.39, 0.29) is 0 Å². The third-order valence-corrected chi connectivity index (χ3v) is 3.53. The topological polar surface area (TPSA) is 72.0 Å². The van der Waals surface area contributed by atoms with Crippen molar-refractivity contribution in [3.8, 4) is 6.01 Å². The number of aromatic nitrogens is 3. The first-order valence-corrected chi connectivity index (χ1v) is 8.99. The number of unbranched alkanes of at least 4 members (excludes halogenated alkanes) is 3. The lowest BCUT2D eigenvalue weighted by Gasteiger charge is -2.09. The van der Waals surface area contributed by atoms with E-state index in [1.165, 1.54) is 25.0 Å². The average molecular weight is 313 g/mol. The standard InChI is InChI=1S/C14H27N5OS/c1-4-10-20-14-18-12(15-2)17-13(19-14)16-9-7-5-6-8-11-21-3/h4-11H2,1-3H3,(H2,15,16,17,18,19). The lowest BCUT2D eigenvalue weighted by atomic mass is 10.2. The van der Waals surface area contributed by atoms with Gasteiger partial charge in [0.2, 0.25) is 11.9 Å². The van der Waals surface area contributed by atoms with Crippen molar-refractivity contribution in [2.45, 2.75) is 39.0 Å². The van der Waals surface area contributed by atoms with Crippen LogP contribution in [-0.4, -0.2) is 47.2 Å². The lowest BCUT2D eigenvalue weighted by molar-refractivity contribution is 0.292. The Balaban J connectivity index is 2.35. The second-order valence-corrected chi connectivity index (χ2v) is 5.68. The van der Waals surface area contributed by atoms with Crippen LogP contribution in [0, 0.1) is 0 Å². The van der Waals surface area contributed by atoms with Crippen molar-refractivity contribution in [1.29, 1.82) is 0 Å². The van der Waals surface area contributed by atoms with Crippen molar-refractivity contribution in [3.05, 3.63) is 0 Å². The molecule has 0 aliphatic rings. The Morgan fingerprint density at radius 3 is 2.52 bits per heavy atom. The van der Waals surface area contributed by atoms with Gasteiger partial charge in [0.15, 0.2) is 0 Å². The summed E-state index contributed by atoms with van der Waals surface area (Å²) in [5, 5.41) is 6.16. The smallest absolute Gasteiger partial charge is 0.323 e. The molecule has 0 bridgehead atoms. The number of anilines is 2. The minimum absolute atomic E-state index is 0.374. The van der Waals surface area contributed by atoms with Crippen LogP contribution in [-0.2, 0) is 0 Å². The van der Waals surface area contributed by atoms with Crippen molar-refractivity contribution >= 4 is 23.7 Å². The minimum Gasteiger partial charge on any atom is -0.463 e. The predicted octanol–water partition coefficient (Wildman–Crippen LogP) is 3.04. The molecule has 6 nitrogen and oxygen atoms in total. The molecule has 21 heavy (non-hydrogen) atoms. The maximum Gasteiger partial charge on any atom is 0.323 e. The van der Waals surface area contributed by atoms with Gasteiger partial charge in [-0.25, -0.2) is 0 Å². The number of nitrogens with one attached hydrogen (secondary N) is 2. The number of hydrogen-bond acceptors (Lipinski definition) is 7. The molecule has 0 saturated carbocycles. The highest BCUT2D eigenvalue weighted by atomic mass is 32.2. The summed E-state index contributed by atoms with van der Waals surface area (Å²) in [6, 6.07) is 0.374. The van der Waals surface area contributed by atoms with Gasteiger partial charge in [0.05, 0.1) is 6.61 Å². The van der Waals surface area contributed by atoms with Crippen molar-refractivity contribution in [1.82, 2.24) is 15.0 Å². The van der Waals surface area contributed by atoms with E-state index < -0.39 is 0 Å². The van der Waals surface area contributed by atoms with Crippen LogP contribution >= 0.6 is 11.8 Å². The third-order valence-electron chi connectivity index (χ3n) is 2.83. The Morgan fingerprint density at radius 1 is 1.05 bits per heavy atom. The normalized spacial score (nSPS) is 10.4. The maximum absolute atomic E-state index is 5.47. The van der Waals surface area contributed by atoms with Gasteiger partial charge < -0.3 is 15.4 Å². The molecule has 0 atom stereocenters. The summed E-state index contributed by atoms with van der Waals surface area (Å²) in [4.78, 5) is 12.7. The van der Waals surface area contributed by atoms with Gasteiger partial charge in [0.1, 0.15) is 0 Å². The Hall–Kier alpha value is -1.24.